The van der Waals surface area contributed by atoms with Gasteiger partial charge < -0.3 is 20.4 Å². The van der Waals surface area contributed by atoms with E-state index in [2.05, 4.69) is 56.4 Å². The van der Waals surface area contributed by atoms with Crippen molar-refractivity contribution >= 4 is 46.3 Å². The van der Waals surface area contributed by atoms with E-state index < -0.39 is 0 Å². The first-order valence-electron chi connectivity index (χ1n) is 11.8. The summed E-state index contributed by atoms with van der Waals surface area (Å²) in [4.78, 5) is 27.9. The maximum Gasteiger partial charge on any atom is 0.327 e. The normalized spacial score (nSPS) is 10.8. The minimum absolute atomic E-state index is 0.301. The van der Waals surface area contributed by atoms with E-state index in [-0.39, 0.29) is 6.03 Å². The highest BCUT2D eigenvalue weighted by molar-refractivity contribution is 6.33. The zero-order valence-electron chi connectivity index (χ0n) is 20.8. The average Bonchev–Trinajstić information content (AvgIpc) is 2.85. The van der Waals surface area contributed by atoms with Crippen molar-refractivity contribution in [3.8, 4) is 0 Å². The summed E-state index contributed by atoms with van der Waals surface area (Å²) in [7, 11) is 4.01. The van der Waals surface area contributed by atoms with Crippen LogP contribution < -0.4 is 20.4 Å². The van der Waals surface area contributed by atoms with Crippen molar-refractivity contribution in [3.05, 3.63) is 65.9 Å². The Morgan fingerprint density at radius 1 is 0.971 bits per heavy atom. The Morgan fingerprint density at radius 2 is 1.69 bits per heavy atom. The lowest BCUT2D eigenvalue weighted by Gasteiger charge is -2.24. The maximum atomic E-state index is 13.2. The number of rotatable bonds is 11. The molecule has 3 aromatic rings. The molecule has 0 saturated heterocycles. The van der Waals surface area contributed by atoms with E-state index in [1.54, 1.807) is 23.1 Å². The van der Waals surface area contributed by atoms with Gasteiger partial charge in [-0.05, 0) is 77.3 Å². The summed E-state index contributed by atoms with van der Waals surface area (Å²) in [5.74, 6) is 1.11. The summed E-state index contributed by atoms with van der Waals surface area (Å²) in [6, 6.07) is 16.9. The van der Waals surface area contributed by atoms with Crippen molar-refractivity contribution in [2.45, 2.75) is 20.3 Å². The first-order valence-corrected chi connectivity index (χ1v) is 12.2. The van der Waals surface area contributed by atoms with Gasteiger partial charge in [0, 0.05) is 37.1 Å². The molecule has 0 saturated carbocycles. The van der Waals surface area contributed by atoms with Gasteiger partial charge in [-0.2, -0.15) is 0 Å². The van der Waals surface area contributed by atoms with Gasteiger partial charge in [-0.1, -0.05) is 23.7 Å². The Bertz CT molecular complexity index is 1090. The Hall–Kier alpha value is -3.36. The van der Waals surface area contributed by atoms with Crippen LogP contribution >= 0.6 is 11.6 Å². The molecule has 8 nitrogen and oxygen atoms in total. The maximum absolute atomic E-state index is 13.2. The first kappa shape index (κ1) is 26.2. The number of benzene rings is 2. The molecule has 0 aliphatic carbocycles. The van der Waals surface area contributed by atoms with E-state index in [0.717, 1.165) is 31.7 Å². The van der Waals surface area contributed by atoms with E-state index >= 15 is 0 Å². The molecule has 0 aliphatic heterocycles. The molecular weight excluding hydrogens is 462 g/mol. The van der Waals surface area contributed by atoms with Gasteiger partial charge in [-0.3, -0.25) is 4.90 Å². The quantitative estimate of drug-likeness (QED) is 0.355. The van der Waals surface area contributed by atoms with E-state index in [9.17, 15) is 4.79 Å². The number of hydrogen-bond donors (Lipinski definition) is 2. The molecular formula is C26H34ClN7O. The number of nitrogens with one attached hydrogen (secondary N) is 2. The Kier molecular flexibility index (Phi) is 9.69. The van der Waals surface area contributed by atoms with Crippen LogP contribution in [0.1, 0.15) is 20.3 Å². The average molecular weight is 496 g/mol. The van der Waals surface area contributed by atoms with E-state index in [1.807, 2.05) is 38.4 Å². The molecule has 0 unspecified atom stereocenters. The summed E-state index contributed by atoms with van der Waals surface area (Å²) in [5, 5.41) is 6.69. The van der Waals surface area contributed by atoms with Crippen LogP contribution in [0.3, 0.4) is 0 Å². The lowest BCUT2D eigenvalue weighted by atomic mass is 10.2. The van der Waals surface area contributed by atoms with Crippen molar-refractivity contribution in [1.29, 1.82) is 0 Å². The van der Waals surface area contributed by atoms with Gasteiger partial charge in [0.05, 0.1) is 10.7 Å². The fraction of sp³-hybridized carbons (Fsp3) is 0.346. The zero-order valence-corrected chi connectivity index (χ0v) is 21.6. The number of carbonyl (C=O) groups excluding carboxylic acids is 1. The number of carbonyl (C=O) groups is 1. The molecule has 2 amide bonds. The molecule has 0 atom stereocenters. The number of halogens is 1. The molecule has 3 rings (SSSR count). The number of para-hydroxylation sites is 1. The summed E-state index contributed by atoms with van der Waals surface area (Å²) >= 11 is 6.25. The Labute approximate surface area is 212 Å². The second-order valence-corrected chi connectivity index (χ2v) is 8.73. The van der Waals surface area contributed by atoms with Gasteiger partial charge in [0.1, 0.15) is 18.0 Å². The van der Waals surface area contributed by atoms with Gasteiger partial charge >= 0.3 is 6.03 Å². The highest BCUT2D eigenvalue weighted by atomic mass is 35.5. The Balaban J connectivity index is 1.79. The van der Waals surface area contributed by atoms with E-state index in [1.165, 1.54) is 12.0 Å². The van der Waals surface area contributed by atoms with Crippen LogP contribution in [0.4, 0.5) is 33.5 Å². The SMILES string of the molecule is CCN(CC)c1ccc(Nc2cc(N(CCCN(C)C)C(=O)Nc3ccccc3Cl)ncn2)cc1. The van der Waals surface area contributed by atoms with Crippen molar-refractivity contribution < 1.29 is 4.79 Å². The fourth-order valence-electron chi connectivity index (χ4n) is 3.67. The van der Waals surface area contributed by atoms with Gasteiger partial charge in [0.15, 0.2) is 0 Å². The highest BCUT2D eigenvalue weighted by Crippen LogP contribution is 2.24. The number of urea groups is 1. The molecule has 35 heavy (non-hydrogen) atoms. The van der Waals surface area contributed by atoms with E-state index in [0.29, 0.717) is 28.9 Å². The molecule has 9 heteroatoms. The molecule has 0 bridgehead atoms. The van der Waals surface area contributed by atoms with Crippen LogP contribution in [-0.2, 0) is 0 Å². The molecule has 0 aliphatic rings. The lowest BCUT2D eigenvalue weighted by molar-refractivity contribution is 0.256. The number of aromatic nitrogens is 2. The minimum Gasteiger partial charge on any atom is -0.372 e. The molecule has 2 N–H and O–H groups in total. The predicted octanol–water partition coefficient (Wildman–Crippen LogP) is 5.71. The topological polar surface area (TPSA) is 76.6 Å². The summed E-state index contributed by atoms with van der Waals surface area (Å²) < 4.78 is 0. The van der Waals surface area contributed by atoms with Crippen LogP contribution in [0.15, 0.2) is 60.9 Å². The smallest absolute Gasteiger partial charge is 0.327 e. The van der Waals surface area contributed by atoms with Crippen LogP contribution in [0.25, 0.3) is 0 Å². The molecule has 0 spiro atoms. The number of nitrogens with zero attached hydrogens (tertiary/aromatic N) is 5. The summed E-state index contributed by atoms with van der Waals surface area (Å²) in [6.07, 6.45) is 2.24. The fourth-order valence-corrected chi connectivity index (χ4v) is 3.85. The third kappa shape index (κ3) is 7.56. The first-order chi connectivity index (χ1) is 16.9. The van der Waals surface area contributed by atoms with Crippen LogP contribution in [0.5, 0.6) is 0 Å². The number of amides is 2. The van der Waals surface area contributed by atoms with Crippen LogP contribution in [0, 0.1) is 0 Å². The van der Waals surface area contributed by atoms with Gasteiger partial charge in [-0.15, -0.1) is 0 Å². The second-order valence-electron chi connectivity index (χ2n) is 8.32. The van der Waals surface area contributed by atoms with Crippen LogP contribution in [0.2, 0.25) is 5.02 Å². The standard InChI is InChI=1S/C26H34ClN7O/c1-5-33(6-2)21-14-12-20(13-15-21)30-24-18-25(29-19-28-24)34(17-9-16-32(3)4)26(35)31-23-11-8-7-10-22(23)27/h7-8,10-15,18-19H,5-6,9,16-17H2,1-4H3,(H,31,35)(H,28,29,30). The van der Waals surface area contributed by atoms with Gasteiger partial charge in [0.25, 0.3) is 0 Å². The molecule has 1 aromatic heterocycles. The molecule has 0 fully saturated rings. The second kappa shape index (κ2) is 12.9. The lowest BCUT2D eigenvalue weighted by Crippen LogP contribution is -2.37. The third-order valence-corrected chi connectivity index (χ3v) is 5.87. The Morgan fingerprint density at radius 3 is 2.34 bits per heavy atom. The monoisotopic (exact) mass is 495 g/mol. The van der Waals surface area contributed by atoms with Crippen molar-refractivity contribution in [1.82, 2.24) is 14.9 Å². The minimum atomic E-state index is -0.301. The van der Waals surface area contributed by atoms with Crippen molar-refractivity contribution in [2.24, 2.45) is 0 Å². The van der Waals surface area contributed by atoms with Crippen LogP contribution in [-0.4, -0.2) is 61.2 Å². The number of hydrogen-bond acceptors (Lipinski definition) is 6. The summed E-state index contributed by atoms with van der Waals surface area (Å²) in [6.45, 7) is 7.53. The van der Waals surface area contributed by atoms with Gasteiger partial charge in [0.2, 0.25) is 0 Å². The predicted molar refractivity (Wildman–Crippen MR) is 146 cm³/mol. The van der Waals surface area contributed by atoms with Crippen molar-refractivity contribution in [3.63, 3.8) is 0 Å². The molecule has 186 valence electrons. The van der Waals surface area contributed by atoms with E-state index in [4.69, 9.17) is 11.6 Å². The third-order valence-electron chi connectivity index (χ3n) is 5.55. The zero-order chi connectivity index (χ0) is 25.2. The largest absolute Gasteiger partial charge is 0.372 e. The van der Waals surface area contributed by atoms with Crippen molar-refractivity contribution in [2.75, 3.05) is 60.7 Å². The molecule has 1 heterocycles. The summed E-state index contributed by atoms with van der Waals surface area (Å²) in [5.41, 5.74) is 2.63. The molecule has 2 aromatic carbocycles. The van der Waals surface area contributed by atoms with Gasteiger partial charge in [-0.25, -0.2) is 14.8 Å². The highest BCUT2D eigenvalue weighted by Gasteiger charge is 2.19. The molecule has 0 radical (unpaired) electrons. The number of anilines is 5.